The van der Waals surface area contributed by atoms with E-state index in [-0.39, 0.29) is 0 Å². The van der Waals surface area contributed by atoms with E-state index in [1.165, 1.54) is 35.9 Å². The van der Waals surface area contributed by atoms with Gasteiger partial charge >= 0.3 is 0 Å². The first-order chi connectivity index (χ1) is 9.90. The lowest BCUT2D eigenvalue weighted by molar-refractivity contribution is 1.12. The van der Waals surface area contributed by atoms with E-state index in [4.69, 9.17) is 0 Å². The van der Waals surface area contributed by atoms with Crippen molar-refractivity contribution in [2.24, 2.45) is 0 Å². The van der Waals surface area contributed by atoms with Gasteiger partial charge in [-0.1, -0.05) is 47.0 Å². The predicted octanol–water partition coefficient (Wildman–Crippen LogP) is 7.07. The molecular formula is C12H12S8. The summed E-state index contributed by atoms with van der Waals surface area (Å²) in [7, 11) is 0. The van der Waals surface area contributed by atoms with Crippen LogP contribution >= 0.6 is 94.1 Å². The molecule has 0 saturated carbocycles. The van der Waals surface area contributed by atoms with Crippen LogP contribution in [0.3, 0.4) is 0 Å². The fraction of sp³-hybridized carbons (Fsp3) is 0.500. The van der Waals surface area contributed by atoms with Crippen molar-refractivity contribution in [3.63, 3.8) is 0 Å². The van der Waals surface area contributed by atoms with Gasteiger partial charge in [0.1, 0.15) is 0 Å². The molecule has 4 aliphatic heterocycles. The zero-order chi connectivity index (χ0) is 13.4. The van der Waals surface area contributed by atoms with Gasteiger partial charge in [-0.3, -0.25) is 0 Å². The van der Waals surface area contributed by atoms with E-state index in [1.807, 2.05) is 47.0 Å². The van der Waals surface area contributed by atoms with Crippen molar-refractivity contribution in [2.45, 2.75) is 12.8 Å². The lowest BCUT2D eigenvalue weighted by atomic mass is 10.6. The number of hydrogen-bond donors (Lipinski definition) is 0. The van der Waals surface area contributed by atoms with Crippen molar-refractivity contribution in [3.8, 4) is 0 Å². The third-order valence-electron chi connectivity index (χ3n) is 2.75. The summed E-state index contributed by atoms with van der Waals surface area (Å²) in [5.74, 6) is 5.22. The molecule has 20 heavy (non-hydrogen) atoms. The molecule has 4 rings (SSSR count). The maximum atomic E-state index is 2.06. The largest absolute Gasteiger partial charge is 0.118 e. The van der Waals surface area contributed by atoms with E-state index in [1.54, 1.807) is 25.4 Å². The summed E-state index contributed by atoms with van der Waals surface area (Å²) in [5.41, 5.74) is 0. The van der Waals surface area contributed by atoms with Gasteiger partial charge in [-0.05, 0) is 35.9 Å². The number of thioether (sulfide) groups is 8. The summed E-state index contributed by atoms with van der Waals surface area (Å²) in [4.78, 5) is 0. The fourth-order valence-electron chi connectivity index (χ4n) is 1.85. The van der Waals surface area contributed by atoms with Crippen molar-refractivity contribution < 1.29 is 0 Å². The van der Waals surface area contributed by atoms with Gasteiger partial charge in [-0.25, -0.2) is 0 Å². The second-order valence-corrected chi connectivity index (χ2v) is 14.3. The van der Waals surface area contributed by atoms with Crippen LogP contribution in [0.5, 0.6) is 0 Å². The van der Waals surface area contributed by atoms with Crippen LogP contribution in [-0.2, 0) is 0 Å². The molecule has 4 aliphatic rings. The second-order valence-electron chi connectivity index (χ2n) is 4.23. The monoisotopic (exact) mass is 412 g/mol. The van der Waals surface area contributed by atoms with Gasteiger partial charge in [-0.15, -0.1) is 47.0 Å². The molecule has 8 heteroatoms. The van der Waals surface area contributed by atoms with E-state index in [2.05, 4.69) is 47.0 Å². The molecule has 0 aromatic rings. The van der Waals surface area contributed by atoms with E-state index in [0.717, 1.165) is 0 Å². The van der Waals surface area contributed by atoms with Gasteiger partial charge < -0.3 is 0 Å². The molecule has 108 valence electrons. The van der Waals surface area contributed by atoms with Crippen LogP contribution in [0.2, 0.25) is 0 Å². The average Bonchev–Trinajstić information content (AvgIpc) is 3.08. The Kier molecular flexibility index (Phi) is 5.66. The van der Waals surface area contributed by atoms with Gasteiger partial charge in [0.25, 0.3) is 0 Å². The van der Waals surface area contributed by atoms with Crippen LogP contribution in [0, 0.1) is 0 Å². The number of hydrogen-bond acceptors (Lipinski definition) is 8. The molecule has 0 aromatic carbocycles. The van der Waals surface area contributed by atoms with Crippen molar-refractivity contribution in [2.75, 3.05) is 23.0 Å². The third kappa shape index (κ3) is 3.42. The molecule has 0 amide bonds. The molecule has 2 fully saturated rings. The van der Waals surface area contributed by atoms with E-state index < -0.39 is 0 Å². The van der Waals surface area contributed by atoms with Gasteiger partial charge in [-0.2, -0.15) is 0 Å². The van der Waals surface area contributed by atoms with E-state index in [9.17, 15) is 0 Å². The predicted molar refractivity (Wildman–Crippen MR) is 111 cm³/mol. The first kappa shape index (κ1) is 15.5. The van der Waals surface area contributed by atoms with Crippen LogP contribution in [0.25, 0.3) is 0 Å². The maximum Gasteiger partial charge on any atom is 0.0718 e. The lowest BCUT2D eigenvalue weighted by Crippen LogP contribution is -1.93. The van der Waals surface area contributed by atoms with Crippen molar-refractivity contribution in [1.82, 2.24) is 0 Å². The molecule has 0 aliphatic carbocycles. The summed E-state index contributed by atoms with van der Waals surface area (Å²) in [5, 5.41) is 0. The third-order valence-corrected chi connectivity index (χ3v) is 14.7. The van der Waals surface area contributed by atoms with Crippen LogP contribution in [0.15, 0.2) is 25.4 Å². The van der Waals surface area contributed by atoms with Crippen LogP contribution < -0.4 is 0 Å². The molecule has 0 unspecified atom stereocenters. The maximum absolute atomic E-state index is 2.06. The molecule has 0 nitrogen and oxygen atoms in total. The Morgan fingerprint density at radius 3 is 1.05 bits per heavy atom. The Bertz CT molecular complexity index is 436. The molecule has 0 atom stereocenters. The van der Waals surface area contributed by atoms with Crippen LogP contribution in [-0.4, -0.2) is 23.0 Å². The van der Waals surface area contributed by atoms with Gasteiger partial charge in [0.2, 0.25) is 0 Å². The Labute approximate surface area is 154 Å². The Balaban J connectivity index is 1.46. The zero-order valence-corrected chi connectivity index (χ0v) is 17.0. The van der Waals surface area contributed by atoms with Gasteiger partial charge in [0, 0.05) is 0 Å². The fourth-order valence-corrected chi connectivity index (χ4v) is 14.3. The minimum Gasteiger partial charge on any atom is -0.118 e. The minimum absolute atomic E-state index is 1.31. The highest BCUT2D eigenvalue weighted by Gasteiger charge is 2.34. The smallest absolute Gasteiger partial charge is 0.0718 e. The average molecular weight is 413 g/mol. The first-order valence-corrected chi connectivity index (χ1v) is 13.6. The molecular weight excluding hydrogens is 401 g/mol. The number of rotatable bonds is 0. The molecule has 0 bridgehead atoms. The summed E-state index contributed by atoms with van der Waals surface area (Å²) in [6.07, 6.45) is 2.73. The van der Waals surface area contributed by atoms with Crippen molar-refractivity contribution in [3.05, 3.63) is 25.4 Å². The first-order valence-electron chi connectivity index (χ1n) is 6.35. The second kappa shape index (κ2) is 7.28. The molecule has 2 saturated heterocycles. The minimum atomic E-state index is 1.31. The Morgan fingerprint density at radius 1 is 0.400 bits per heavy atom. The van der Waals surface area contributed by atoms with Crippen molar-refractivity contribution in [1.29, 1.82) is 0 Å². The summed E-state index contributed by atoms with van der Waals surface area (Å²) >= 11 is 16.4. The Morgan fingerprint density at radius 2 is 0.700 bits per heavy atom. The molecule has 0 spiro atoms. The van der Waals surface area contributed by atoms with Crippen molar-refractivity contribution >= 4 is 94.1 Å². The summed E-state index contributed by atoms with van der Waals surface area (Å²) in [6.45, 7) is 0. The van der Waals surface area contributed by atoms with Crippen LogP contribution in [0.4, 0.5) is 0 Å². The zero-order valence-electron chi connectivity index (χ0n) is 10.5. The standard InChI is InChI=1S/C12H12S8/c1-3-13-7(14-4-1)9-17-11-12(18-9)20-10(19-11)8-15-5-2-6-16-8/h1-6H2. The topological polar surface area (TPSA) is 0 Å². The molecule has 0 N–H and O–H groups in total. The Hall–Kier alpha value is 2.02. The SMILES string of the molecule is C1CSC(=C2SC3=C(S2)SC(=C2SCCCS2)S3)SC1. The quantitative estimate of drug-likeness (QED) is 0.409. The molecule has 0 aromatic heterocycles. The van der Waals surface area contributed by atoms with Gasteiger partial charge in [0.15, 0.2) is 0 Å². The summed E-state index contributed by atoms with van der Waals surface area (Å²) in [6, 6.07) is 0. The summed E-state index contributed by atoms with van der Waals surface area (Å²) < 4.78 is 9.36. The highest BCUT2D eigenvalue weighted by molar-refractivity contribution is 8.49. The van der Waals surface area contributed by atoms with Gasteiger partial charge in [0.05, 0.1) is 25.4 Å². The lowest BCUT2D eigenvalue weighted by Gasteiger charge is -2.17. The van der Waals surface area contributed by atoms with Crippen LogP contribution in [0.1, 0.15) is 12.8 Å². The normalized spacial score (nSPS) is 27.6. The molecule has 4 heterocycles. The molecule has 0 radical (unpaired) electrons. The highest BCUT2D eigenvalue weighted by atomic mass is 32.3. The highest BCUT2D eigenvalue weighted by Crippen LogP contribution is 2.70. The van der Waals surface area contributed by atoms with E-state index in [0.29, 0.717) is 0 Å². The van der Waals surface area contributed by atoms with E-state index >= 15 is 0 Å².